The van der Waals surface area contributed by atoms with Crippen molar-refractivity contribution >= 4 is 27.5 Å². The molecule has 1 N–H and O–H groups in total. The van der Waals surface area contributed by atoms with E-state index in [2.05, 4.69) is 5.32 Å². The fourth-order valence-electron chi connectivity index (χ4n) is 5.09. The van der Waals surface area contributed by atoms with E-state index in [4.69, 9.17) is 0 Å². The largest absolute Gasteiger partial charge is 0.352 e. The Labute approximate surface area is 231 Å². The van der Waals surface area contributed by atoms with E-state index in [1.165, 1.54) is 23.5 Å². The summed E-state index contributed by atoms with van der Waals surface area (Å²) in [7, 11) is -4.05. The molecule has 0 heterocycles. The molecule has 4 rings (SSSR count). The number of hydrogen-bond acceptors (Lipinski definition) is 4. The minimum atomic E-state index is -4.05. The number of nitrogens with zero attached hydrogens (tertiary/aromatic N) is 2. The number of carbonyl (C=O) groups excluding carboxylic acids is 2. The molecular weight excluding hydrogens is 510 g/mol. The Hall–Kier alpha value is -3.65. The third kappa shape index (κ3) is 7.26. The molecule has 8 heteroatoms. The van der Waals surface area contributed by atoms with Gasteiger partial charge in [0.25, 0.3) is 10.0 Å². The quantitative estimate of drug-likeness (QED) is 0.360. The molecular formula is C31H37N3O4S. The fourth-order valence-corrected chi connectivity index (χ4v) is 6.52. The van der Waals surface area contributed by atoms with Crippen molar-refractivity contribution in [2.45, 2.75) is 69.0 Å². The standard InChI is InChI=1S/C31H37N3O4S/c1-2-29(31(36)32-26-17-9-4-10-18-26)33(23-25-15-7-3-8-16-25)30(35)24-34(27-19-11-5-12-20-27)39(37,38)28-21-13-6-14-22-28/h3,5-8,11-16,19-22,26,29H,2,4,9-10,17-18,23-24H2,1H3,(H,32,36). The second-order valence-corrected chi connectivity index (χ2v) is 11.8. The SMILES string of the molecule is CCC(C(=O)NC1CCCCC1)N(Cc1ccccc1)C(=O)CN(c1ccccc1)S(=O)(=O)c1ccccc1. The van der Waals surface area contributed by atoms with Crippen LogP contribution in [0.2, 0.25) is 0 Å². The second kappa shape index (κ2) is 13.4. The van der Waals surface area contributed by atoms with Crippen LogP contribution in [0, 0.1) is 0 Å². The van der Waals surface area contributed by atoms with E-state index in [9.17, 15) is 18.0 Å². The van der Waals surface area contributed by atoms with Crippen LogP contribution in [0.15, 0.2) is 95.9 Å². The highest BCUT2D eigenvalue weighted by Gasteiger charge is 2.34. The van der Waals surface area contributed by atoms with Crippen molar-refractivity contribution in [1.29, 1.82) is 0 Å². The zero-order chi connectivity index (χ0) is 27.7. The predicted molar refractivity (Wildman–Crippen MR) is 154 cm³/mol. The molecule has 1 fully saturated rings. The summed E-state index contributed by atoms with van der Waals surface area (Å²) in [4.78, 5) is 29.2. The van der Waals surface area contributed by atoms with Gasteiger partial charge < -0.3 is 10.2 Å². The van der Waals surface area contributed by atoms with Crippen LogP contribution >= 0.6 is 0 Å². The molecule has 1 unspecified atom stereocenters. The van der Waals surface area contributed by atoms with Crippen LogP contribution in [0.3, 0.4) is 0 Å². The molecule has 1 saturated carbocycles. The summed E-state index contributed by atoms with van der Waals surface area (Å²) in [5.74, 6) is -0.626. The lowest BCUT2D eigenvalue weighted by Gasteiger charge is -2.34. The Morgan fingerprint density at radius 3 is 2.00 bits per heavy atom. The van der Waals surface area contributed by atoms with Crippen molar-refractivity contribution < 1.29 is 18.0 Å². The predicted octanol–water partition coefficient (Wildman–Crippen LogP) is 5.14. The average molecular weight is 548 g/mol. The van der Waals surface area contributed by atoms with Crippen molar-refractivity contribution in [3.8, 4) is 0 Å². The zero-order valence-corrected chi connectivity index (χ0v) is 23.2. The van der Waals surface area contributed by atoms with Gasteiger partial charge in [-0.05, 0) is 49.1 Å². The third-order valence-corrected chi connectivity index (χ3v) is 8.98. The number of benzene rings is 3. The van der Waals surface area contributed by atoms with Crippen LogP contribution in [0.5, 0.6) is 0 Å². The number of para-hydroxylation sites is 1. The maximum Gasteiger partial charge on any atom is 0.264 e. The number of amides is 2. The normalized spacial score (nSPS) is 14.8. The smallest absolute Gasteiger partial charge is 0.264 e. The van der Waals surface area contributed by atoms with Crippen LogP contribution in [-0.4, -0.2) is 43.8 Å². The maximum atomic E-state index is 14.0. The molecule has 1 aliphatic carbocycles. The lowest BCUT2D eigenvalue weighted by molar-refractivity contribution is -0.140. The molecule has 0 bridgehead atoms. The summed E-state index contributed by atoms with van der Waals surface area (Å²) in [5.41, 5.74) is 1.25. The Bertz CT molecular complexity index is 1310. The Kier molecular flexibility index (Phi) is 9.76. The van der Waals surface area contributed by atoms with Gasteiger partial charge in [0.05, 0.1) is 10.6 Å². The molecule has 0 saturated heterocycles. The van der Waals surface area contributed by atoms with Gasteiger partial charge in [-0.15, -0.1) is 0 Å². The number of carbonyl (C=O) groups is 2. The maximum absolute atomic E-state index is 14.0. The summed E-state index contributed by atoms with van der Waals surface area (Å²) in [6.45, 7) is 1.65. The van der Waals surface area contributed by atoms with Gasteiger partial charge in [0, 0.05) is 12.6 Å². The highest BCUT2D eigenvalue weighted by molar-refractivity contribution is 7.92. The Morgan fingerprint density at radius 2 is 1.41 bits per heavy atom. The van der Waals surface area contributed by atoms with E-state index in [0.29, 0.717) is 12.1 Å². The summed E-state index contributed by atoms with van der Waals surface area (Å²) in [5, 5.41) is 3.17. The lowest BCUT2D eigenvalue weighted by Crippen LogP contribution is -2.54. The fraction of sp³-hybridized carbons (Fsp3) is 0.355. The van der Waals surface area contributed by atoms with Gasteiger partial charge in [-0.3, -0.25) is 13.9 Å². The molecule has 39 heavy (non-hydrogen) atoms. The summed E-state index contributed by atoms with van der Waals surface area (Å²) in [6, 6.07) is 25.6. The molecule has 0 spiro atoms. The molecule has 0 aromatic heterocycles. The van der Waals surface area contributed by atoms with E-state index in [1.807, 2.05) is 37.3 Å². The van der Waals surface area contributed by atoms with Gasteiger partial charge >= 0.3 is 0 Å². The number of rotatable bonds is 11. The summed E-state index contributed by atoms with van der Waals surface area (Å²) in [6.07, 6.45) is 5.62. The number of hydrogen-bond donors (Lipinski definition) is 1. The van der Waals surface area contributed by atoms with Crippen LogP contribution in [0.4, 0.5) is 5.69 Å². The first-order valence-electron chi connectivity index (χ1n) is 13.7. The van der Waals surface area contributed by atoms with Gasteiger partial charge in [-0.1, -0.05) is 92.9 Å². The topological polar surface area (TPSA) is 86.8 Å². The third-order valence-electron chi connectivity index (χ3n) is 7.19. The molecule has 0 aliphatic heterocycles. The first kappa shape index (κ1) is 28.4. The highest BCUT2D eigenvalue weighted by Crippen LogP contribution is 2.25. The first-order valence-corrected chi connectivity index (χ1v) is 15.1. The summed E-state index contributed by atoms with van der Waals surface area (Å²) < 4.78 is 28.7. The molecule has 3 aromatic carbocycles. The van der Waals surface area contributed by atoms with Crippen LogP contribution in [0.1, 0.15) is 51.0 Å². The number of anilines is 1. The van der Waals surface area contributed by atoms with Crippen molar-refractivity contribution in [2.75, 3.05) is 10.8 Å². The minimum absolute atomic E-state index is 0.0957. The van der Waals surface area contributed by atoms with E-state index in [-0.39, 0.29) is 23.4 Å². The van der Waals surface area contributed by atoms with Crippen molar-refractivity contribution in [1.82, 2.24) is 10.2 Å². The molecule has 2 amide bonds. The summed E-state index contributed by atoms with van der Waals surface area (Å²) >= 11 is 0. The van der Waals surface area contributed by atoms with Crippen LogP contribution < -0.4 is 9.62 Å². The molecule has 1 atom stereocenters. The van der Waals surface area contributed by atoms with Crippen molar-refractivity contribution in [3.05, 3.63) is 96.6 Å². The first-order chi connectivity index (χ1) is 18.9. The van der Waals surface area contributed by atoms with Crippen molar-refractivity contribution in [2.24, 2.45) is 0 Å². The molecule has 0 radical (unpaired) electrons. The number of sulfonamides is 1. The molecule has 1 aliphatic rings. The monoisotopic (exact) mass is 547 g/mol. The highest BCUT2D eigenvalue weighted by atomic mass is 32.2. The van der Waals surface area contributed by atoms with E-state index in [0.717, 1.165) is 35.6 Å². The lowest BCUT2D eigenvalue weighted by atomic mass is 9.95. The van der Waals surface area contributed by atoms with E-state index >= 15 is 0 Å². The van der Waals surface area contributed by atoms with E-state index < -0.39 is 28.5 Å². The minimum Gasteiger partial charge on any atom is -0.352 e. The van der Waals surface area contributed by atoms with Gasteiger partial charge in [0.2, 0.25) is 11.8 Å². The Balaban J connectivity index is 1.66. The van der Waals surface area contributed by atoms with Crippen molar-refractivity contribution in [3.63, 3.8) is 0 Å². The molecule has 7 nitrogen and oxygen atoms in total. The van der Waals surface area contributed by atoms with Gasteiger partial charge in [0.1, 0.15) is 12.6 Å². The zero-order valence-electron chi connectivity index (χ0n) is 22.4. The Morgan fingerprint density at radius 1 is 0.846 bits per heavy atom. The molecule has 206 valence electrons. The number of nitrogens with one attached hydrogen (secondary N) is 1. The van der Waals surface area contributed by atoms with E-state index in [1.54, 1.807) is 48.5 Å². The second-order valence-electron chi connectivity index (χ2n) is 9.94. The van der Waals surface area contributed by atoms with Gasteiger partial charge in [-0.25, -0.2) is 8.42 Å². The van der Waals surface area contributed by atoms with Gasteiger partial charge in [0.15, 0.2) is 0 Å². The van der Waals surface area contributed by atoms with Crippen LogP contribution in [0.25, 0.3) is 0 Å². The average Bonchev–Trinajstić information content (AvgIpc) is 2.97. The van der Waals surface area contributed by atoms with Crippen LogP contribution in [-0.2, 0) is 26.2 Å². The molecule has 3 aromatic rings. The van der Waals surface area contributed by atoms with Gasteiger partial charge in [-0.2, -0.15) is 0 Å².